The predicted molar refractivity (Wildman–Crippen MR) is 126 cm³/mol. The summed E-state index contributed by atoms with van der Waals surface area (Å²) in [6, 6.07) is 1.05. The Morgan fingerprint density at radius 3 is 2.59 bits per heavy atom. The van der Waals surface area contributed by atoms with Crippen molar-refractivity contribution in [1.82, 2.24) is 19.9 Å². The maximum Gasteiger partial charge on any atom is 0.421 e. The van der Waals surface area contributed by atoms with Gasteiger partial charge in [0, 0.05) is 31.8 Å². The second-order valence-electron chi connectivity index (χ2n) is 9.84. The Hall–Kier alpha value is -3.15. The summed E-state index contributed by atoms with van der Waals surface area (Å²) in [4.78, 5) is 29.1. The molecule has 37 heavy (non-hydrogen) atoms. The lowest BCUT2D eigenvalue weighted by atomic mass is 9.86. The summed E-state index contributed by atoms with van der Waals surface area (Å²) in [5, 5.41) is 9.72. The molecule has 1 aliphatic carbocycles. The SMILES string of the molecule is COc1ncc(N2CCc3ncnc(O[C@H]4CCN(C(=O)[C@H]5CC[C@@H](O)CC5)C4)c3C2)cc1C(F)(F)F. The molecule has 2 fully saturated rings. The minimum atomic E-state index is -4.59. The maximum atomic E-state index is 13.5. The number of aromatic nitrogens is 3. The molecule has 0 radical (unpaired) electrons. The Morgan fingerprint density at radius 2 is 1.86 bits per heavy atom. The van der Waals surface area contributed by atoms with Crippen molar-refractivity contribution in [3.63, 3.8) is 0 Å². The Balaban J connectivity index is 1.28. The summed E-state index contributed by atoms with van der Waals surface area (Å²) >= 11 is 0. The standard InChI is InChI=1S/C25H30F3N5O4/c1-36-23-20(25(26,27)28)10-16(11-29-23)32-9-7-21-19(13-32)22(31-14-30-21)37-18-6-8-33(12-18)24(35)15-2-4-17(34)5-3-15/h10-11,14-15,17-18,34H,2-9,12-13H2,1H3/t15-,17+,18-/m0/s1. The molecule has 1 N–H and O–H groups in total. The molecule has 0 spiro atoms. The van der Waals surface area contributed by atoms with E-state index >= 15 is 0 Å². The largest absolute Gasteiger partial charge is 0.481 e. The van der Waals surface area contributed by atoms with Crippen molar-refractivity contribution in [3.8, 4) is 11.8 Å². The highest BCUT2D eigenvalue weighted by molar-refractivity contribution is 5.79. The second-order valence-corrected chi connectivity index (χ2v) is 9.84. The fourth-order valence-electron chi connectivity index (χ4n) is 5.38. The number of carbonyl (C=O) groups excluding carboxylic acids is 1. The number of ether oxygens (including phenoxy) is 2. The highest BCUT2D eigenvalue weighted by Gasteiger charge is 2.37. The van der Waals surface area contributed by atoms with E-state index in [9.17, 15) is 23.1 Å². The van der Waals surface area contributed by atoms with Crippen LogP contribution in [0.15, 0.2) is 18.6 Å². The topological polar surface area (TPSA) is 101 Å². The third-order valence-corrected chi connectivity index (χ3v) is 7.44. The first-order valence-corrected chi connectivity index (χ1v) is 12.6. The Morgan fingerprint density at radius 1 is 1.08 bits per heavy atom. The van der Waals surface area contributed by atoms with Crippen LogP contribution >= 0.6 is 0 Å². The first-order valence-electron chi connectivity index (χ1n) is 12.6. The van der Waals surface area contributed by atoms with Crippen molar-refractivity contribution < 1.29 is 32.5 Å². The summed E-state index contributed by atoms with van der Waals surface area (Å²) in [5.41, 5.74) is 0.917. The number of aliphatic hydroxyl groups excluding tert-OH is 1. The molecule has 2 aliphatic heterocycles. The number of fused-ring (bicyclic) bond motifs is 1. The van der Waals surface area contributed by atoms with Gasteiger partial charge in [0.1, 0.15) is 18.0 Å². The van der Waals surface area contributed by atoms with Gasteiger partial charge in [0.05, 0.1) is 49.4 Å². The van der Waals surface area contributed by atoms with E-state index in [2.05, 4.69) is 15.0 Å². The van der Waals surface area contributed by atoms with E-state index in [0.29, 0.717) is 69.7 Å². The molecule has 1 saturated heterocycles. The molecule has 0 unspecified atom stereocenters. The predicted octanol–water partition coefficient (Wildman–Crippen LogP) is 2.99. The minimum Gasteiger partial charge on any atom is -0.481 e. The van der Waals surface area contributed by atoms with Crippen molar-refractivity contribution in [2.75, 3.05) is 31.6 Å². The van der Waals surface area contributed by atoms with Crippen LogP contribution in [0.2, 0.25) is 0 Å². The molecule has 9 nitrogen and oxygen atoms in total. The van der Waals surface area contributed by atoms with Crippen molar-refractivity contribution in [2.24, 2.45) is 5.92 Å². The lowest BCUT2D eigenvalue weighted by molar-refractivity contribution is -0.139. The van der Waals surface area contributed by atoms with Crippen LogP contribution < -0.4 is 14.4 Å². The number of pyridine rings is 1. The van der Waals surface area contributed by atoms with Crippen LogP contribution in [0.25, 0.3) is 0 Å². The van der Waals surface area contributed by atoms with Crippen molar-refractivity contribution >= 4 is 11.6 Å². The number of amides is 1. The summed E-state index contributed by atoms with van der Waals surface area (Å²) in [5.74, 6) is -0.0124. The van der Waals surface area contributed by atoms with Crippen LogP contribution in [0.1, 0.15) is 48.9 Å². The van der Waals surface area contributed by atoms with Crippen LogP contribution in [-0.2, 0) is 23.9 Å². The lowest BCUT2D eigenvalue weighted by Crippen LogP contribution is -2.38. The Kier molecular flexibility index (Phi) is 7.11. The van der Waals surface area contributed by atoms with Gasteiger partial charge in [-0.15, -0.1) is 0 Å². The normalized spacial score (nSPS) is 24.1. The van der Waals surface area contributed by atoms with Gasteiger partial charge in [0.2, 0.25) is 17.7 Å². The molecule has 12 heteroatoms. The van der Waals surface area contributed by atoms with E-state index in [0.717, 1.165) is 24.4 Å². The average Bonchev–Trinajstić information content (AvgIpc) is 3.36. The van der Waals surface area contributed by atoms with Crippen molar-refractivity contribution in [3.05, 3.63) is 35.4 Å². The monoisotopic (exact) mass is 521 g/mol. The highest BCUT2D eigenvalue weighted by Crippen LogP contribution is 2.38. The zero-order chi connectivity index (χ0) is 26.2. The number of rotatable bonds is 5. The lowest BCUT2D eigenvalue weighted by Gasteiger charge is -2.31. The fraction of sp³-hybridized carbons (Fsp3) is 0.600. The van der Waals surface area contributed by atoms with Crippen LogP contribution in [0.3, 0.4) is 0 Å². The molecule has 2 aromatic heterocycles. The van der Waals surface area contributed by atoms with E-state index in [1.54, 1.807) is 4.90 Å². The Labute approximate surface area is 212 Å². The molecule has 2 aromatic rings. The van der Waals surface area contributed by atoms with Gasteiger partial charge in [0.15, 0.2) is 0 Å². The molecule has 3 aliphatic rings. The first-order chi connectivity index (χ1) is 17.7. The number of nitrogens with zero attached hydrogens (tertiary/aromatic N) is 5. The molecule has 0 bridgehead atoms. The van der Waals surface area contributed by atoms with E-state index in [1.807, 2.05) is 4.90 Å². The number of aliphatic hydroxyl groups is 1. The van der Waals surface area contributed by atoms with Crippen LogP contribution in [0.4, 0.5) is 18.9 Å². The number of methoxy groups -OCH3 is 1. The van der Waals surface area contributed by atoms with Gasteiger partial charge in [-0.2, -0.15) is 13.2 Å². The third kappa shape index (κ3) is 5.43. The number of hydrogen-bond acceptors (Lipinski definition) is 8. The summed E-state index contributed by atoms with van der Waals surface area (Å²) in [6.45, 7) is 1.80. The number of anilines is 1. The molecule has 1 atom stereocenters. The van der Waals surface area contributed by atoms with Gasteiger partial charge in [-0.1, -0.05) is 0 Å². The average molecular weight is 522 g/mol. The van der Waals surface area contributed by atoms with Crippen molar-refractivity contribution in [2.45, 2.75) is 63.5 Å². The molecule has 1 saturated carbocycles. The minimum absolute atomic E-state index is 0.0535. The van der Waals surface area contributed by atoms with E-state index in [4.69, 9.17) is 9.47 Å². The van der Waals surface area contributed by atoms with Gasteiger partial charge in [0.25, 0.3) is 0 Å². The smallest absolute Gasteiger partial charge is 0.421 e. The molecule has 200 valence electrons. The third-order valence-electron chi connectivity index (χ3n) is 7.44. The zero-order valence-corrected chi connectivity index (χ0v) is 20.6. The fourth-order valence-corrected chi connectivity index (χ4v) is 5.38. The molecule has 4 heterocycles. The van der Waals surface area contributed by atoms with E-state index < -0.39 is 17.6 Å². The van der Waals surface area contributed by atoms with Gasteiger partial charge in [-0.05, 0) is 31.7 Å². The van der Waals surface area contributed by atoms with Gasteiger partial charge in [-0.25, -0.2) is 15.0 Å². The van der Waals surface area contributed by atoms with Crippen LogP contribution in [-0.4, -0.2) is 69.8 Å². The summed E-state index contributed by atoms with van der Waals surface area (Å²) in [6.07, 6.45) is 1.57. The summed E-state index contributed by atoms with van der Waals surface area (Å²) < 4.78 is 51.6. The van der Waals surface area contributed by atoms with Gasteiger partial charge >= 0.3 is 6.18 Å². The molecule has 0 aromatic carbocycles. The number of halogens is 3. The highest BCUT2D eigenvalue weighted by atomic mass is 19.4. The summed E-state index contributed by atoms with van der Waals surface area (Å²) in [7, 11) is 1.16. The number of carbonyl (C=O) groups is 1. The number of hydrogen-bond donors (Lipinski definition) is 1. The molecule has 5 rings (SSSR count). The molecular weight excluding hydrogens is 491 g/mol. The molecule has 1 amide bonds. The maximum absolute atomic E-state index is 13.5. The number of alkyl halides is 3. The zero-order valence-electron chi connectivity index (χ0n) is 20.6. The quantitative estimate of drug-likeness (QED) is 0.641. The van der Waals surface area contributed by atoms with E-state index in [-0.39, 0.29) is 30.6 Å². The van der Waals surface area contributed by atoms with E-state index in [1.165, 1.54) is 12.5 Å². The van der Waals surface area contributed by atoms with Crippen LogP contribution in [0, 0.1) is 5.92 Å². The molecular formula is C25H30F3N5O4. The first kappa shape index (κ1) is 25.5. The Bertz CT molecular complexity index is 1140. The van der Waals surface area contributed by atoms with Crippen LogP contribution in [0.5, 0.6) is 11.8 Å². The second kappa shape index (κ2) is 10.3. The van der Waals surface area contributed by atoms with Gasteiger partial charge in [-0.3, -0.25) is 4.79 Å². The van der Waals surface area contributed by atoms with Gasteiger partial charge < -0.3 is 24.4 Å². The number of likely N-dealkylation sites (tertiary alicyclic amines) is 1. The van der Waals surface area contributed by atoms with Crippen molar-refractivity contribution in [1.29, 1.82) is 0 Å².